The lowest BCUT2D eigenvalue weighted by molar-refractivity contribution is 0.183. The third kappa shape index (κ3) is 4.50. The number of nitrogens with zero attached hydrogens (tertiary/aromatic N) is 3. The second-order valence-electron chi connectivity index (χ2n) is 8.00. The van der Waals surface area contributed by atoms with Crippen LogP contribution in [0.25, 0.3) is 5.57 Å². The number of ether oxygens (including phenoxy) is 1. The van der Waals surface area contributed by atoms with E-state index >= 15 is 0 Å². The monoisotopic (exact) mass is 421 g/mol. The van der Waals surface area contributed by atoms with Crippen LogP contribution in [0, 0.1) is 0 Å². The van der Waals surface area contributed by atoms with Gasteiger partial charge in [-0.2, -0.15) is 0 Å². The summed E-state index contributed by atoms with van der Waals surface area (Å²) < 4.78 is 6.08. The van der Waals surface area contributed by atoms with Gasteiger partial charge < -0.3 is 4.74 Å². The summed E-state index contributed by atoms with van der Waals surface area (Å²) in [7, 11) is 0. The number of likely N-dealkylation sites (tertiary alicyclic amines) is 1. The quantitative estimate of drug-likeness (QED) is 0.672. The first-order valence-electron chi connectivity index (χ1n) is 10.7. The number of rotatable bonds is 6. The van der Waals surface area contributed by atoms with Crippen molar-refractivity contribution in [3.8, 4) is 5.75 Å². The molecule has 2 aromatic rings. The van der Waals surface area contributed by atoms with Crippen LogP contribution in [-0.2, 0) is 6.54 Å². The van der Waals surface area contributed by atoms with Gasteiger partial charge in [-0.05, 0) is 66.9 Å². The van der Waals surface area contributed by atoms with Crippen LogP contribution < -0.4 is 4.74 Å². The molecule has 5 heteroatoms. The Kier molecular flexibility index (Phi) is 6.66. The lowest BCUT2D eigenvalue weighted by Gasteiger charge is -2.26. The van der Waals surface area contributed by atoms with Crippen LogP contribution in [0.4, 0.5) is 0 Å². The Morgan fingerprint density at radius 3 is 2.67 bits per heavy atom. The summed E-state index contributed by atoms with van der Waals surface area (Å²) in [5.41, 5.74) is 7.25. The van der Waals surface area contributed by atoms with Gasteiger partial charge in [-0.15, -0.1) is 12.4 Å². The smallest absolute Gasteiger partial charge is 0.120 e. The Morgan fingerprint density at radius 2 is 1.83 bits per heavy atom. The van der Waals surface area contributed by atoms with Gasteiger partial charge in [0, 0.05) is 23.9 Å². The number of piperidine rings is 1. The molecule has 0 bridgehead atoms. The SMILES string of the molecule is C1=NCC(c2ccc3c(c2)C(c2cccc(OCCN4CCCCC4)c2)=NC3)=C1.Cl. The summed E-state index contributed by atoms with van der Waals surface area (Å²) in [5.74, 6) is 0.929. The van der Waals surface area contributed by atoms with Crippen molar-refractivity contribution in [3.05, 3.63) is 70.8 Å². The molecule has 1 saturated heterocycles. The van der Waals surface area contributed by atoms with E-state index in [1.807, 2.05) is 12.3 Å². The van der Waals surface area contributed by atoms with E-state index in [0.29, 0.717) is 0 Å². The fourth-order valence-electron chi connectivity index (χ4n) is 4.37. The summed E-state index contributed by atoms with van der Waals surface area (Å²) in [4.78, 5) is 11.7. The molecule has 0 N–H and O–H groups in total. The highest BCUT2D eigenvalue weighted by molar-refractivity contribution is 6.15. The van der Waals surface area contributed by atoms with Gasteiger partial charge in [-0.1, -0.05) is 30.7 Å². The molecule has 5 rings (SSSR count). The van der Waals surface area contributed by atoms with Gasteiger partial charge in [0.25, 0.3) is 0 Å². The molecule has 0 radical (unpaired) electrons. The molecule has 3 aliphatic rings. The van der Waals surface area contributed by atoms with Crippen molar-refractivity contribution in [2.24, 2.45) is 9.98 Å². The van der Waals surface area contributed by atoms with Crippen molar-refractivity contribution in [2.45, 2.75) is 25.8 Å². The van der Waals surface area contributed by atoms with Crippen LogP contribution in [0.1, 0.15) is 41.5 Å². The maximum atomic E-state index is 6.08. The second kappa shape index (κ2) is 9.59. The first-order valence-corrected chi connectivity index (χ1v) is 10.7. The normalized spacial score (nSPS) is 17.9. The summed E-state index contributed by atoms with van der Waals surface area (Å²) in [6.07, 6.45) is 8.00. The molecule has 0 aromatic heterocycles. The zero-order valence-corrected chi connectivity index (χ0v) is 18.0. The van der Waals surface area contributed by atoms with E-state index in [1.165, 1.54) is 54.6 Å². The molecule has 0 spiro atoms. The average Bonchev–Trinajstić information content (AvgIpc) is 3.44. The minimum absolute atomic E-state index is 0. The van der Waals surface area contributed by atoms with E-state index in [9.17, 15) is 0 Å². The molecule has 2 aromatic carbocycles. The van der Waals surface area contributed by atoms with E-state index in [-0.39, 0.29) is 12.4 Å². The molecular weight excluding hydrogens is 394 g/mol. The van der Waals surface area contributed by atoms with Gasteiger partial charge in [-0.3, -0.25) is 14.9 Å². The topological polar surface area (TPSA) is 37.2 Å². The summed E-state index contributed by atoms with van der Waals surface area (Å²) in [6.45, 7) is 5.69. The Bertz CT molecular complexity index is 990. The molecule has 0 aliphatic carbocycles. The number of aliphatic imine (C=N–C) groups is 2. The number of allylic oxidation sites excluding steroid dienone is 1. The molecular formula is C25H28ClN3O. The first-order chi connectivity index (χ1) is 14.4. The van der Waals surface area contributed by atoms with Gasteiger partial charge in [0.1, 0.15) is 12.4 Å². The number of halogens is 1. The van der Waals surface area contributed by atoms with E-state index in [2.05, 4.69) is 52.4 Å². The van der Waals surface area contributed by atoms with Crippen LogP contribution in [0.2, 0.25) is 0 Å². The maximum Gasteiger partial charge on any atom is 0.120 e. The Balaban J connectivity index is 0.00000218. The number of fused-ring (bicyclic) bond motifs is 1. The molecule has 156 valence electrons. The van der Waals surface area contributed by atoms with E-state index < -0.39 is 0 Å². The maximum absolute atomic E-state index is 6.08. The lowest BCUT2D eigenvalue weighted by Crippen LogP contribution is -2.33. The lowest BCUT2D eigenvalue weighted by atomic mass is 9.95. The molecule has 0 atom stereocenters. The predicted molar refractivity (Wildman–Crippen MR) is 127 cm³/mol. The van der Waals surface area contributed by atoms with Gasteiger partial charge in [0.2, 0.25) is 0 Å². The number of hydrogen-bond acceptors (Lipinski definition) is 4. The fourth-order valence-corrected chi connectivity index (χ4v) is 4.37. The second-order valence-corrected chi connectivity index (χ2v) is 8.00. The fraction of sp³-hybridized carbons (Fsp3) is 0.360. The minimum atomic E-state index is 0. The van der Waals surface area contributed by atoms with Crippen molar-refractivity contribution < 1.29 is 4.74 Å². The number of hydrogen-bond donors (Lipinski definition) is 0. The third-order valence-corrected chi connectivity index (χ3v) is 6.02. The van der Waals surface area contributed by atoms with Gasteiger partial charge in [0.15, 0.2) is 0 Å². The molecule has 3 aliphatic heterocycles. The Morgan fingerprint density at radius 1 is 0.933 bits per heavy atom. The van der Waals surface area contributed by atoms with Crippen LogP contribution in [0.3, 0.4) is 0 Å². The highest BCUT2D eigenvalue weighted by Crippen LogP contribution is 2.28. The van der Waals surface area contributed by atoms with Crippen LogP contribution in [-0.4, -0.2) is 49.6 Å². The molecule has 3 heterocycles. The number of benzene rings is 2. The summed E-state index contributed by atoms with van der Waals surface area (Å²) in [5, 5.41) is 0. The zero-order valence-electron chi connectivity index (χ0n) is 17.2. The average molecular weight is 422 g/mol. The van der Waals surface area contributed by atoms with Gasteiger partial charge in [-0.25, -0.2) is 0 Å². The standard InChI is InChI=1S/C25H27N3O.ClH/c1-2-11-28(12-3-1)13-14-29-23-6-4-5-20(15-23)25-24-16-19(21-9-10-26-17-21)7-8-22(24)18-27-25;/h4-10,15-16H,1-3,11-14,17-18H2;1H. The molecule has 0 saturated carbocycles. The molecule has 30 heavy (non-hydrogen) atoms. The van der Waals surface area contributed by atoms with Crippen molar-refractivity contribution >= 4 is 29.9 Å². The van der Waals surface area contributed by atoms with Crippen molar-refractivity contribution in [1.82, 2.24) is 4.90 Å². The summed E-state index contributed by atoms with van der Waals surface area (Å²) in [6, 6.07) is 15.1. The highest BCUT2D eigenvalue weighted by atomic mass is 35.5. The van der Waals surface area contributed by atoms with E-state index in [0.717, 1.165) is 43.3 Å². The zero-order chi connectivity index (χ0) is 19.5. The third-order valence-electron chi connectivity index (χ3n) is 6.02. The Hall–Kier alpha value is -2.43. The van der Waals surface area contributed by atoms with Crippen LogP contribution >= 0.6 is 12.4 Å². The van der Waals surface area contributed by atoms with Gasteiger partial charge in [0.05, 0.1) is 18.8 Å². The van der Waals surface area contributed by atoms with Crippen molar-refractivity contribution in [2.75, 3.05) is 32.8 Å². The Labute approximate surface area is 184 Å². The first kappa shape index (κ1) is 20.8. The van der Waals surface area contributed by atoms with E-state index in [4.69, 9.17) is 9.73 Å². The molecule has 4 nitrogen and oxygen atoms in total. The molecule has 0 unspecified atom stereocenters. The van der Waals surface area contributed by atoms with Gasteiger partial charge >= 0.3 is 0 Å². The minimum Gasteiger partial charge on any atom is -0.492 e. The predicted octanol–water partition coefficient (Wildman–Crippen LogP) is 4.79. The largest absolute Gasteiger partial charge is 0.492 e. The van der Waals surface area contributed by atoms with Crippen molar-refractivity contribution in [1.29, 1.82) is 0 Å². The molecule has 1 fully saturated rings. The van der Waals surface area contributed by atoms with Crippen LogP contribution in [0.15, 0.2) is 58.5 Å². The highest BCUT2D eigenvalue weighted by Gasteiger charge is 2.19. The summed E-state index contributed by atoms with van der Waals surface area (Å²) >= 11 is 0. The van der Waals surface area contributed by atoms with Crippen LogP contribution in [0.5, 0.6) is 5.75 Å². The molecule has 0 amide bonds. The van der Waals surface area contributed by atoms with Crippen molar-refractivity contribution in [3.63, 3.8) is 0 Å². The van der Waals surface area contributed by atoms with E-state index in [1.54, 1.807) is 0 Å².